The Morgan fingerprint density at radius 2 is 1.93 bits per heavy atom. The van der Waals surface area contributed by atoms with Crippen LogP contribution >= 0.6 is 0 Å². The van der Waals surface area contributed by atoms with Crippen molar-refractivity contribution in [3.8, 4) is 0 Å². The Hall–Kier alpha value is -0.554. The van der Waals surface area contributed by atoms with E-state index in [0.717, 1.165) is 44.2 Å². The van der Waals surface area contributed by atoms with Crippen LogP contribution in [0.15, 0.2) is 47.9 Å². The van der Waals surface area contributed by atoms with Gasteiger partial charge in [0.05, 0.1) is 11.2 Å². The molecule has 9 heteroatoms. The van der Waals surface area contributed by atoms with Gasteiger partial charge in [0.2, 0.25) is 5.91 Å². The van der Waals surface area contributed by atoms with E-state index in [4.69, 9.17) is 0 Å². The first-order valence-electron chi connectivity index (χ1n) is 10.1. The largest absolute Gasteiger partial charge is 1.00 e. The van der Waals surface area contributed by atoms with Gasteiger partial charge in [-0.25, -0.2) is 13.4 Å². The molecule has 0 spiro atoms. The molecule has 0 N–H and O–H groups in total. The first-order chi connectivity index (χ1) is 13.8. The summed E-state index contributed by atoms with van der Waals surface area (Å²) in [5.41, 5.74) is 1.02. The second-order valence-corrected chi connectivity index (χ2v) is 9.78. The van der Waals surface area contributed by atoms with Crippen LogP contribution in [0.1, 0.15) is 56.9 Å². The van der Waals surface area contributed by atoms with E-state index in [2.05, 4.69) is 16.5 Å². The number of aromatic nitrogens is 2. The third-order valence-electron chi connectivity index (χ3n) is 6.41. The van der Waals surface area contributed by atoms with Gasteiger partial charge < -0.3 is 14.0 Å². The van der Waals surface area contributed by atoms with Gasteiger partial charge in [-0.15, -0.1) is 0 Å². The Morgan fingerprint density at radius 3 is 2.43 bits per heavy atom. The molecule has 2 atom stereocenters. The third-order valence-corrected chi connectivity index (χ3v) is 7.26. The molecule has 2 fully saturated rings. The molecule has 2 unspecified atom stereocenters. The molecular weight excluding hydrogens is 429 g/mol. The van der Waals surface area contributed by atoms with Gasteiger partial charge in [0, 0.05) is 36.9 Å². The van der Waals surface area contributed by atoms with Gasteiger partial charge in [0.1, 0.15) is 10.1 Å². The minimum absolute atomic E-state index is 0. The van der Waals surface area contributed by atoms with E-state index in [-0.39, 0.29) is 79.7 Å². The topological polar surface area (TPSA) is 95.3 Å². The first-order valence-corrected chi connectivity index (χ1v) is 11.5. The maximum absolute atomic E-state index is 12.5. The molecule has 0 radical (unpaired) electrons. The van der Waals surface area contributed by atoms with Crippen molar-refractivity contribution in [2.24, 2.45) is 0 Å². The molecule has 0 bridgehead atoms. The average molecular weight is 456 g/mol. The van der Waals surface area contributed by atoms with Gasteiger partial charge >= 0.3 is 51.4 Å². The second-order valence-electron chi connectivity index (χ2n) is 8.40. The van der Waals surface area contributed by atoms with E-state index < -0.39 is 10.1 Å². The summed E-state index contributed by atoms with van der Waals surface area (Å²) in [5, 5.41) is 0. The van der Waals surface area contributed by atoms with Crippen molar-refractivity contribution in [2.45, 2.75) is 67.8 Å². The van der Waals surface area contributed by atoms with Crippen LogP contribution in [0.4, 0.5) is 0 Å². The molecule has 156 valence electrons. The zero-order valence-electron chi connectivity index (χ0n) is 17.5. The van der Waals surface area contributed by atoms with Gasteiger partial charge in [0.25, 0.3) is 0 Å². The summed E-state index contributed by atoms with van der Waals surface area (Å²) >= 11 is 0. The second kappa shape index (κ2) is 9.52. The molecule has 2 aliphatic rings. The average Bonchev–Trinajstić information content (AvgIpc) is 3.08. The van der Waals surface area contributed by atoms with Crippen LogP contribution in [-0.4, -0.2) is 45.9 Å². The Bertz CT molecular complexity index is 972. The third kappa shape index (κ3) is 5.25. The van der Waals surface area contributed by atoms with Crippen molar-refractivity contribution >= 4 is 16.0 Å². The van der Waals surface area contributed by atoms with Crippen LogP contribution < -0.4 is 51.4 Å². The molecule has 1 saturated heterocycles. The molecule has 1 aromatic carbocycles. The summed E-state index contributed by atoms with van der Waals surface area (Å²) in [6.45, 7) is 2.88. The molecule has 30 heavy (non-hydrogen) atoms. The number of imidazole rings is 1. The fourth-order valence-corrected chi connectivity index (χ4v) is 5.04. The Morgan fingerprint density at radius 1 is 1.23 bits per heavy atom. The molecule has 2 heterocycles. The summed E-state index contributed by atoms with van der Waals surface area (Å²) < 4.78 is 35.7. The van der Waals surface area contributed by atoms with Crippen molar-refractivity contribution in [2.75, 3.05) is 6.54 Å². The van der Waals surface area contributed by atoms with Crippen molar-refractivity contribution < 1.29 is 69.1 Å². The first kappa shape index (κ1) is 24.1. The Balaban J connectivity index is 0.00000256. The summed E-state index contributed by atoms with van der Waals surface area (Å²) in [6.07, 6.45) is 11.0. The zero-order chi connectivity index (χ0) is 20.6. The van der Waals surface area contributed by atoms with Gasteiger partial charge in [0.15, 0.2) is 0 Å². The zero-order valence-corrected chi connectivity index (χ0v) is 21.5. The summed E-state index contributed by atoms with van der Waals surface area (Å²) in [4.78, 5) is 18.5. The maximum Gasteiger partial charge on any atom is 1.00 e. The minimum atomic E-state index is -4.44. The molecule has 4 rings (SSSR count). The number of nitrogens with zero attached hydrogens (tertiary/aromatic N) is 3. The summed E-state index contributed by atoms with van der Waals surface area (Å²) in [5.74, 6) is 0.354. The van der Waals surface area contributed by atoms with Crippen LogP contribution in [0.25, 0.3) is 0 Å². The number of hydrogen-bond acceptors (Lipinski definition) is 5. The van der Waals surface area contributed by atoms with Crippen molar-refractivity contribution in [1.29, 1.82) is 0 Å². The summed E-state index contributed by atoms with van der Waals surface area (Å²) in [7, 11) is -4.44. The molecule has 1 amide bonds. The molecule has 1 saturated carbocycles. The van der Waals surface area contributed by atoms with Gasteiger partial charge in [-0.05, 0) is 55.7 Å². The van der Waals surface area contributed by atoms with Crippen LogP contribution in [0.5, 0.6) is 0 Å². The Kier molecular flexibility index (Phi) is 7.65. The number of benzene rings is 1. The number of likely N-dealkylation sites (tertiary alicyclic amines) is 1. The maximum atomic E-state index is 12.5. The SMILES string of the molecule is CC(CC(CC1(n2ccnc2)CC1)N1CCCC1=O)c1ccc(S(=O)(=O)[O-])cc1.[K+]. The number of hydrogen-bond donors (Lipinski definition) is 0. The number of carbonyl (C=O) groups is 1. The van der Waals surface area contributed by atoms with E-state index in [1.54, 1.807) is 18.3 Å². The van der Waals surface area contributed by atoms with E-state index in [9.17, 15) is 17.8 Å². The summed E-state index contributed by atoms with van der Waals surface area (Å²) in [6, 6.07) is 6.28. The van der Waals surface area contributed by atoms with Crippen LogP contribution in [-0.2, 0) is 20.5 Å². The van der Waals surface area contributed by atoms with Gasteiger partial charge in [-0.3, -0.25) is 4.79 Å². The monoisotopic (exact) mass is 455 g/mol. The fraction of sp³-hybridized carbons (Fsp3) is 0.524. The fourth-order valence-electron chi connectivity index (χ4n) is 4.57. The molecule has 1 aliphatic carbocycles. The van der Waals surface area contributed by atoms with Crippen molar-refractivity contribution in [3.63, 3.8) is 0 Å². The Labute approximate surface area is 220 Å². The number of rotatable bonds is 8. The van der Waals surface area contributed by atoms with Crippen LogP contribution in [0.3, 0.4) is 0 Å². The van der Waals surface area contributed by atoms with E-state index in [1.165, 1.54) is 12.1 Å². The quantitative estimate of drug-likeness (QED) is 0.408. The predicted molar refractivity (Wildman–Crippen MR) is 106 cm³/mol. The minimum Gasteiger partial charge on any atom is -0.744 e. The van der Waals surface area contributed by atoms with E-state index in [1.807, 2.05) is 17.4 Å². The molecule has 7 nitrogen and oxygen atoms in total. The van der Waals surface area contributed by atoms with Gasteiger partial charge in [-0.2, -0.15) is 0 Å². The smallest absolute Gasteiger partial charge is 0.744 e. The van der Waals surface area contributed by atoms with Gasteiger partial charge in [-0.1, -0.05) is 19.1 Å². The standard InChI is InChI=1S/C21H27N3O4S.K/c1-16(17-4-6-19(7-5-17)29(26,27)28)13-18(24-11-2-3-20(24)25)14-21(8-9-21)23-12-10-22-15-23;/h4-7,10,12,15-16,18H,2-3,8-9,11,13-14H2,1H3,(H,26,27,28);/q;+1/p-1. The van der Waals surface area contributed by atoms with E-state index in [0.29, 0.717) is 6.42 Å². The van der Waals surface area contributed by atoms with E-state index >= 15 is 0 Å². The number of amides is 1. The van der Waals surface area contributed by atoms with Crippen molar-refractivity contribution in [3.05, 3.63) is 48.5 Å². The molecule has 1 aliphatic heterocycles. The molecule has 1 aromatic heterocycles. The molecular formula is C21H26KN3O4S. The molecule has 2 aromatic rings. The van der Waals surface area contributed by atoms with Crippen molar-refractivity contribution in [1.82, 2.24) is 14.5 Å². The number of carbonyl (C=O) groups excluding carboxylic acids is 1. The normalized spacial score (nSPS) is 19.9. The van der Waals surface area contributed by atoms with Crippen LogP contribution in [0, 0.1) is 0 Å². The predicted octanol–water partition coefficient (Wildman–Crippen LogP) is -0.145. The van der Waals surface area contributed by atoms with Crippen LogP contribution in [0.2, 0.25) is 0 Å².